The van der Waals surface area contributed by atoms with Crippen LogP contribution in [-0.2, 0) is 19.1 Å². The number of fused-ring (bicyclic) bond motifs is 3. The number of ether oxygens (including phenoxy) is 2. The monoisotopic (exact) mass is 466 g/mol. The van der Waals surface area contributed by atoms with Crippen LogP contribution in [0.2, 0.25) is 0 Å². The van der Waals surface area contributed by atoms with Crippen LogP contribution in [0.1, 0.15) is 36.8 Å². The van der Waals surface area contributed by atoms with E-state index in [4.69, 9.17) is 9.47 Å². The first-order valence-corrected chi connectivity index (χ1v) is 11.5. The van der Waals surface area contributed by atoms with Crippen LogP contribution in [0.4, 0.5) is 4.79 Å². The molecule has 1 aliphatic carbocycles. The van der Waals surface area contributed by atoms with Gasteiger partial charge in [-0.3, -0.25) is 4.79 Å². The maximum Gasteiger partial charge on any atom is 0.407 e. The molecule has 2 aromatic rings. The first-order chi connectivity index (χ1) is 16.3. The normalized spacial score (nSPS) is 19.7. The van der Waals surface area contributed by atoms with Crippen LogP contribution >= 0.6 is 0 Å². The molecule has 2 atom stereocenters. The Morgan fingerprint density at radius 2 is 1.76 bits per heavy atom. The number of carboxylic acids is 1. The van der Waals surface area contributed by atoms with Gasteiger partial charge in [0.2, 0.25) is 5.91 Å². The maximum atomic E-state index is 12.7. The molecule has 8 heteroatoms. The number of amides is 2. The molecule has 8 nitrogen and oxygen atoms in total. The standard InChI is InChI=1S/C26H30N2O6/c1-17(13-23(29)28(2)26(24(30)31)11-12-33-16-26)14-27-25(32)34-15-22-20-9-5-3-7-18(20)19-8-4-6-10-21(19)22/h3-10,17,22H,11-16H2,1-2H3,(H,27,32)(H,30,31). The highest BCUT2D eigenvalue weighted by atomic mass is 16.5. The average molecular weight is 467 g/mol. The zero-order valence-electron chi connectivity index (χ0n) is 19.5. The molecule has 1 aliphatic heterocycles. The van der Waals surface area contributed by atoms with Crippen molar-refractivity contribution in [2.24, 2.45) is 5.92 Å². The summed E-state index contributed by atoms with van der Waals surface area (Å²) in [5.41, 5.74) is 3.28. The van der Waals surface area contributed by atoms with E-state index in [1.807, 2.05) is 31.2 Å². The quantitative estimate of drug-likeness (QED) is 0.619. The summed E-state index contributed by atoms with van der Waals surface area (Å²) in [6, 6.07) is 16.3. The lowest BCUT2D eigenvalue weighted by Crippen LogP contribution is -2.56. The van der Waals surface area contributed by atoms with E-state index in [0.717, 1.165) is 22.3 Å². The summed E-state index contributed by atoms with van der Waals surface area (Å²) in [6.45, 7) is 2.58. The molecule has 1 saturated heterocycles. The number of hydrogen-bond donors (Lipinski definition) is 2. The van der Waals surface area contributed by atoms with Crippen molar-refractivity contribution in [3.05, 3.63) is 59.7 Å². The lowest BCUT2D eigenvalue weighted by Gasteiger charge is -2.34. The molecular formula is C26H30N2O6. The van der Waals surface area contributed by atoms with Gasteiger partial charge >= 0.3 is 12.1 Å². The molecule has 0 aromatic heterocycles. The SMILES string of the molecule is CC(CNC(=O)OCC1c2ccccc2-c2ccccc21)CC(=O)N(C)C1(C(=O)O)CCOC1. The van der Waals surface area contributed by atoms with E-state index in [9.17, 15) is 19.5 Å². The number of likely N-dealkylation sites (N-methyl/N-ethyl adjacent to an activating group) is 1. The lowest BCUT2D eigenvalue weighted by molar-refractivity contribution is -0.158. The molecule has 0 radical (unpaired) electrons. The fourth-order valence-electron chi connectivity index (χ4n) is 4.78. The fourth-order valence-corrected chi connectivity index (χ4v) is 4.78. The van der Waals surface area contributed by atoms with Crippen molar-refractivity contribution in [3.63, 3.8) is 0 Å². The Kier molecular flexibility index (Phi) is 6.88. The van der Waals surface area contributed by atoms with Crippen molar-refractivity contribution >= 4 is 18.0 Å². The smallest absolute Gasteiger partial charge is 0.407 e. The maximum absolute atomic E-state index is 12.7. The summed E-state index contributed by atoms with van der Waals surface area (Å²) < 4.78 is 10.8. The van der Waals surface area contributed by atoms with Gasteiger partial charge in [-0.1, -0.05) is 55.5 Å². The second kappa shape index (κ2) is 9.85. The predicted molar refractivity (Wildman–Crippen MR) is 125 cm³/mol. The summed E-state index contributed by atoms with van der Waals surface area (Å²) in [6.07, 6.45) is -0.174. The van der Waals surface area contributed by atoms with Crippen molar-refractivity contribution in [3.8, 4) is 11.1 Å². The van der Waals surface area contributed by atoms with E-state index in [-0.39, 0.29) is 50.3 Å². The van der Waals surface area contributed by atoms with E-state index < -0.39 is 17.6 Å². The molecular weight excluding hydrogens is 436 g/mol. The van der Waals surface area contributed by atoms with Crippen molar-refractivity contribution in [2.75, 3.05) is 33.4 Å². The summed E-state index contributed by atoms with van der Waals surface area (Å²) in [4.78, 5) is 38.1. The Bertz CT molecular complexity index is 1030. The highest BCUT2D eigenvalue weighted by Gasteiger charge is 2.48. The van der Waals surface area contributed by atoms with Crippen LogP contribution in [0.25, 0.3) is 11.1 Å². The number of nitrogens with one attached hydrogen (secondary N) is 1. The second-order valence-corrected chi connectivity index (χ2v) is 9.11. The molecule has 2 amide bonds. The second-order valence-electron chi connectivity index (χ2n) is 9.11. The van der Waals surface area contributed by atoms with Gasteiger partial charge in [-0.2, -0.15) is 0 Å². The Hall–Kier alpha value is -3.39. The van der Waals surface area contributed by atoms with Crippen LogP contribution in [0.15, 0.2) is 48.5 Å². The van der Waals surface area contributed by atoms with Gasteiger partial charge in [-0.05, 0) is 28.2 Å². The summed E-state index contributed by atoms with van der Waals surface area (Å²) in [5.74, 6) is -1.57. The van der Waals surface area contributed by atoms with Gasteiger partial charge in [0.1, 0.15) is 6.61 Å². The average Bonchev–Trinajstić information content (AvgIpc) is 3.45. The van der Waals surface area contributed by atoms with Crippen molar-refractivity contribution in [2.45, 2.75) is 31.2 Å². The predicted octanol–water partition coefficient (Wildman–Crippen LogP) is 3.25. The zero-order valence-corrected chi connectivity index (χ0v) is 19.5. The minimum absolute atomic E-state index is 0.0169. The van der Waals surface area contributed by atoms with Gasteiger partial charge in [0.15, 0.2) is 5.54 Å². The number of alkyl carbamates (subject to hydrolysis) is 1. The number of benzene rings is 2. The van der Waals surface area contributed by atoms with Gasteiger partial charge in [-0.25, -0.2) is 9.59 Å². The fraction of sp³-hybridized carbons (Fsp3) is 0.423. The number of carboxylic acid groups (broad SMARTS) is 1. The molecule has 4 rings (SSSR count). The molecule has 2 aliphatic rings. The van der Waals surface area contributed by atoms with E-state index in [0.29, 0.717) is 6.61 Å². The largest absolute Gasteiger partial charge is 0.479 e. The Morgan fingerprint density at radius 1 is 1.15 bits per heavy atom. The first kappa shape index (κ1) is 23.8. The van der Waals surface area contributed by atoms with Crippen LogP contribution in [0.3, 0.4) is 0 Å². The van der Waals surface area contributed by atoms with Gasteiger partial charge < -0.3 is 24.8 Å². The number of aliphatic carboxylic acids is 1. The molecule has 0 saturated carbocycles. The molecule has 0 bridgehead atoms. The van der Waals surface area contributed by atoms with Gasteiger partial charge in [0, 0.05) is 39.0 Å². The Morgan fingerprint density at radius 3 is 2.32 bits per heavy atom. The Balaban J connectivity index is 1.28. The summed E-state index contributed by atoms with van der Waals surface area (Å²) in [7, 11) is 1.50. The molecule has 34 heavy (non-hydrogen) atoms. The number of carbonyl (C=O) groups excluding carboxylic acids is 2. The third kappa shape index (κ3) is 4.50. The van der Waals surface area contributed by atoms with Gasteiger partial charge in [-0.15, -0.1) is 0 Å². The highest BCUT2D eigenvalue weighted by Crippen LogP contribution is 2.44. The van der Waals surface area contributed by atoms with Crippen LogP contribution < -0.4 is 5.32 Å². The third-order valence-corrected chi connectivity index (χ3v) is 6.88. The Labute approximate surface area is 198 Å². The first-order valence-electron chi connectivity index (χ1n) is 11.5. The lowest BCUT2D eigenvalue weighted by atomic mass is 9.95. The summed E-state index contributed by atoms with van der Waals surface area (Å²) in [5, 5.41) is 12.3. The molecule has 2 aromatic carbocycles. The minimum Gasteiger partial charge on any atom is -0.479 e. The zero-order chi connectivity index (χ0) is 24.3. The van der Waals surface area contributed by atoms with Crippen LogP contribution in [0, 0.1) is 5.92 Å². The number of nitrogens with zero attached hydrogens (tertiary/aromatic N) is 1. The third-order valence-electron chi connectivity index (χ3n) is 6.88. The molecule has 180 valence electrons. The van der Waals surface area contributed by atoms with Gasteiger partial charge in [0.25, 0.3) is 0 Å². The molecule has 0 spiro atoms. The topological polar surface area (TPSA) is 105 Å². The number of rotatable bonds is 8. The van der Waals surface area contributed by atoms with Crippen molar-refractivity contribution in [1.29, 1.82) is 0 Å². The summed E-state index contributed by atoms with van der Waals surface area (Å²) >= 11 is 0. The molecule has 1 heterocycles. The van der Waals surface area contributed by atoms with Crippen molar-refractivity contribution in [1.82, 2.24) is 10.2 Å². The number of hydrogen-bond acceptors (Lipinski definition) is 5. The van der Waals surface area contributed by atoms with E-state index in [2.05, 4.69) is 29.6 Å². The van der Waals surface area contributed by atoms with Crippen molar-refractivity contribution < 1.29 is 29.0 Å². The highest BCUT2D eigenvalue weighted by molar-refractivity contribution is 5.87. The van der Waals surface area contributed by atoms with Crippen LogP contribution in [-0.4, -0.2) is 66.9 Å². The molecule has 2 N–H and O–H groups in total. The van der Waals surface area contributed by atoms with E-state index in [1.54, 1.807) is 0 Å². The van der Waals surface area contributed by atoms with E-state index in [1.165, 1.54) is 11.9 Å². The molecule has 2 unspecified atom stereocenters. The number of carbonyl (C=O) groups is 3. The van der Waals surface area contributed by atoms with Gasteiger partial charge in [0.05, 0.1) is 6.61 Å². The minimum atomic E-state index is -1.32. The van der Waals surface area contributed by atoms with E-state index >= 15 is 0 Å². The van der Waals surface area contributed by atoms with Crippen LogP contribution in [0.5, 0.6) is 0 Å². The molecule has 1 fully saturated rings.